The molecule has 0 radical (unpaired) electrons. The molecule has 1 unspecified atom stereocenters. The van der Waals surface area contributed by atoms with E-state index < -0.39 is 5.41 Å². The Labute approximate surface area is 347 Å². The summed E-state index contributed by atoms with van der Waals surface area (Å²) in [5, 5.41) is 0. The molecule has 0 saturated heterocycles. The van der Waals surface area contributed by atoms with Crippen molar-refractivity contribution in [3.05, 3.63) is 233 Å². The van der Waals surface area contributed by atoms with Crippen LogP contribution in [-0.4, -0.2) is 9.97 Å². The number of hydrogen-bond acceptors (Lipinski definition) is 2. The normalized spacial score (nSPS) is 16.5. The molecular formula is C57H44N2. The van der Waals surface area contributed by atoms with Crippen LogP contribution in [-0.2, 0) is 10.8 Å². The van der Waals surface area contributed by atoms with E-state index in [1.165, 1.54) is 66.8 Å². The Hall–Kier alpha value is -6.90. The van der Waals surface area contributed by atoms with Gasteiger partial charge in [-0.05, 0) is 103 Å². The molecule has 1 aromatic heterocycles. The summed E-state index contributed by atoms with van der Waals surface area (Å²) in [7, 11) is 0. The predicted molar refractivity (Wildman–Crippen MR) is 244 cm³/mol. The number of rotatable bonds is 5. The van der Waals surface area contributed by atoms with Crippen molar-refractivity contribution in [2.75, 3.05) is 0 Å². The Kier molecular flexibility index (Phi) is 8.13. The quantitative estimate of drug-likeness (QED) is 0.175. The molecule has 1 heterocycles. The van der Waals surface area contributed by atoms with Crippen LogP contribution in [0.2, 0.25) is 0 Å². The van der Waals surface area contributed by atoms with Crippen LogP contribution in [0.4, 0.5) is 0 Å². The smallest absolute Gasteiger partial charge is 0.156 e. The van der Waals surface area contributed by atoms with Crippen LogP contribution in [0.5, 0.6) is 0 Å². The molecule has 59 heavy (non-hydrogen) atoms. The lowest BCUT2D eigenvalue weighted by Gasteiger charge is -2.46. The zero-order valence-electron chi connectivity index (χ0n) is 33.7. The maximum absolute atomic E-state index is 5.22. The van der Waals surface area contributed by atoms with Gasteiger partial charge in [0.05, 0.1) is 16.8 Å². The minimum Gasteiger partial charge on any atom is -0.228 e. The lowest BCUT2D eigenvalue weighted by atomic mass is 9.55. The molecule has 7 aromatic carbocycles. The van der Waals surface area contributed by atoms with Crippen LogP contribution in [0.1, 0.15) is 66.4 Å². The van der Waals surface area contributed by atoms with Gasteiger partial charge >= 0.3 is 0 Å². The summed E-state index contributed by atoms with van der Waals surface area (Å²) in [4.78, 5) is 10.3. The third kappa shape index (κ3) is 5.47. The Morgan fingerprint density at radius 1 is 0.458 bits per heavy atom. The fourth-order valence-electron chi connectivity index (χ4n) is 10.4. The molecule has 3 aliphatic carbocycles. The Morgan fingerprint density at radius 2 is 0.966 bits per heavy atom. The summed E-state index contributed by atoms with van der Waals surface area (Å²) in [6.07, 6.45) is 7.48. The minimum atomic E-state index is -0.423. The van der Waals surface area contributed by atoms with Crippen LogP contribution in [0, 0.1) is 5.92 Å². The third-order valence-corrected chi connectivity index (χ3v) is 13.1. The molecule has 2 heteroatoms. The summed E-state index contributed by atoms with van der Waals surface area (Å²) in [5.41, 5.74) is 20.3. The Balaban J connectivity index is 1.05. The van der Waals surface area contributed by atoms with Gasteiger partial charge in [0, 0.05) is 16.5 Å². The van der Waals surface area contributed by atoms with Crippen LogP contribution in [0.25, 0.3) is 61.5 Å². The molecule has 0 saturated carbocycles. The van der Waals surface area contributed by atoms with Crippen LogP contribution >= 0.6 is 0 Å². The highest BCUT2D eigenvalue weighted by Gasteiger charge is 2.53. The highest BCUT2D eigenvalue weighted by molar-refractivity contribution is 5.97. The number of fused-ring (bicyclic) bond motifs is 9. The lowest BCUT2D eigenvalue weighted by molar-refractivity contribution is 0.563. The zero-order valence-corrected chi connectivity index (χ0v) is 33.7. The molecule has 282 valence electrons. The van der Waals surface area contributed by atoms with Crippen molar-refractivity contribution < 1.29 is 0 Å². The SMILES string of the molecule is CC1C=CC=C(c2nc(-c3ccccc3)cc(-c3cccc(-c4cccc(-c5cccc6c5-c5ccccc5C65c6ccccc6C(C)(C)c6ccccc65)c4)c3)n2)C1. The van der Waals surface area contributed by atoms with E-state index in [-0.39, 0.29) is 5.41 Å². The number of allylic oxidation sites excluding steroid dienone is 4. The Bertz CT molecular complexity index is 2970. The van der Waals surface area contributed by atoms with Gasteiger partial charge in [-0.2, -0.15) is 0 Å². The van der Waals surface area contributed by atoms with Gasteiger partial charge in [0.1, 0.15) is 0 Å². The minimum absolute atomic E-state index is 0.129. The molecule has 3 aliphatic rings. The van der Waals surface area contributed by atoms with E-state index in [0.29, 0.717) is 5.92 Å². The van der Waals surface area contributed by atoms with E-state index in [0.717, 1.165) is 40.3 Å². The monoisotopic (exact) mass is 756 g/mol. The van der Waals surface area contributed by atoms with E-state index >= 15 is 0 Å². The molecule has 0 bridgehead atoms. The average Bonchev–Trinajstić information content (AvgIpc) is 3.60. The summed E-state index contributed by atoms with van der Waals surface area (Å²) in [6.45, 7) is 7.01. The summed E-state index contributed by atoms with van der Waals surface area (Å²) in [5.74, 6) is 1.25. The second-order valence-electron chi connectivity index (χ2n) is 17.0. The second kappa shape index (κ2) is 13.6. The zero-order chi connectivity index (χ0) is 39.7. The number of hydrogen-bond donors (Lipinski definition) is 0. The maximum Gasteiger partial charge on any atom is 0.156 e. The van der Waals surface area contributed by atoms with Crippen molar-refractivity contribution >= 4 is 5.57 Å². The van der Waals surface area contributed by atoms with E-state index in [1.807, 2.05) is 0 Å². The number of nitrogens with zero attached hydrogens (tertiary/aromatic N) is 2. The molecule has 1 atom stereocenters. The van der Waals surface area contributed by atoms with E-state index in [1.54, 1.807) is 0 Å². The van der Waals surface area contributed by atoms with Gasteiger partial charge < -0.3 is 0 Å². The Morgan fingerprint density at radius 3 is 1.66 bits per heavy atom. The number of benzene rings is 7. The molecule has 0 aliphatic heterocycles. The molecule has 2 nitrogen and oxygen atoms in total. The first kappa shape index (κ1) is 35.3. The average molecular weight is 757 g/mol. The lowest BCUT2D eigenvalue weighted by Crippen LogP contribution is -2.40. The van der Waals surface area contributed by atoms with Gasteiger partial charge in [-0.1, -0.05) is 197 Å². The van der Waals surface area contributed by atoms with Gasteiger partial charge in [0.15, 0.2) is 5.82 Å². The van der Waals surface area contributed by atoms with E-state index in [9.17, 15) is 0 Å². The van der Waals surface area contributed by atoms with Gasteiger partial charge in [-0.3, -0.25) is 0 Å². The third-order valence-electron chi connectivity index (χ3n) is 13.1. The first-order chi connectivity index (χ1) is 28.9. The summed E-state index contributed by atoms with van der Waals surface area (Å²) >= 11 is 0. The molecule has 8 aromatic rings. The highest BCUT2D eigenvalue weighted by atomic mass is 14.9. The van der Waals surface area contributed by atoms with Gasteiger partial charge in [0.2, 0.25) is 0 Å². The predicted octanol–water partition coefficient (Wildman–Crippen LogP) is 14.1. The van der Waals surface area contributed by atoms with Crippen molar-refractivity contribution in [3.8, 4) is 55.9 Å². The molecule has 0 fully saturated rings. The van der Waals surface area contributed by atoms with Crippen molar-refractivity contribution in [1.29, 1.82) is 0 Å². The first-order valence-electron chi connectivity index (χ1n) is 20.9. The van der Waals surface area contributed by atoms with Crippen molar-refractivity contribution in [1.82, 2.24) is 9.97 Å². The molecule has 11 rings (SSSR count). The van der Waals surface area contributed by atoms with Gasteiger partial charge in [0.25, 0.3) is 0 Å². The van der Waals surface area contributed by atoms with Gasteiger partial charge in [-0.25, -0.2) is 9.97 Å². The molecule has 0 N–H and O–H groups in total. The topological polar surface area (TPSA) is 25.8 Å². The fraction of sp³-hybridized carbons (Fsp3) is 0.123. The molecule has 0 amide bonds. The first-order valence-corrected chi connectivity index (χ1v) is 20.9. The van der Waals surface area contributed by atoms with Crippen LogP contribution < -0.4 is 0 Å². The highest BCUT2D eigenvalue weighted by Crippen LogP contribution is 2.63. The van der Waals surface area contributed by atoms with Crippen LogP contribution in [0.3, 0.4) is 0 Å². The summed E-state index contributed by atoms with van der Waals surface area (Å²) < 4.78 is 0. The van der Waals surface area contributed by atoms with E-state index in [4.69, 9.17) is 9.97 Å². The van der Waals surface area contributed by atoms with Crippen LogP contribution in [0.15, 0.2) is 194 Å². The van der Waals surface area contributed by atoms with Crippen molar-refractivity contribution in [3.63, 3.8) is 0 Å². The molecular weight excluding hydrogens is 713 g/mol. The largest absolute Gasteiger partial charge is 0.228 e. The second-order valence-corrected chi connectivity index (χ2v) is 17.0. The fourth-order valence-corrected chi connectivity index (χ4v) is 10.4. The summed E-state index contributed by atoms with van der Waals surface area (Å²) in [6, 6.07) is 65.0. The molecule has 1 spiro atoms. The standard InChI is InChI=1S/C57H44N2/c1-37-17-13-24-43(33-37)55-58-52(38-18-5-4-6-19-38)36-53(59-55)42-23-15-21-40(35-42)39-20-14-22-41(34-39)44-26-16-32-51-54(44)45-25-7-8-27-46(45)57(51)49-30-11-9-28-47(49)56(2,3)48-29-10-12-31-50(48)57/h4-32,34-37H,33H2,1-3H3. The van der Waals surface area contributed by atoms with E-state index in [2.05, 4.69) is 215 Å². The number of aromatic nitrogens is 2. The maximum atomic E-state index is 5.22. The van der Waals surface area contributed by atoms with Crippen molar-refractivity contribution in [2.24, 2.45) is 5.92 Å². The van der Waals surface area contributed by atoms with Crippen molar-refractivity contribution in [2.45, 2.75) is 38.0 Å². The van der Waals surface area contributed by atoms with Gasteiger partial charge in [-0.15, -0.1) is 0 Å².